The second kappa shape index (κ2) is 45.1. The Morgan fingerprint density at radius 3 is 2.21 bits per heavy atom. The highest BCUT2D eigenvalue weighted by molar-refractivity contribution is 7.22. The lowest BCUT2D eigenvalue weighted by molar-refractivity contribution is -0.926. The molecule has 9 aromatic rings. The Balaban J connectivity index is 0.684. The topological polar surface area (TPSA) is 527 Å². The maximum absolute atomic E-state index is 14.7. The van der Waals surface area contributed by atoms with Crippen LogP contribution in [0.2, 0.25) is 5.02 Å². The number of carbonyl (C=O) groups excluding carboxylic acids is 6. The van der Waals surface area contributed by atoms with Crippen molar-refractivity contribution in [3.05, 3.63) is 185 Å². The molecule has 42 heteroatoms. The number of quaternary nitrogens is 1. The number of nitrogens with two attached hydrogens (primary N) is 1. The summed E-state index contributed by atoms with van der Waals surface area (Å²) in [7, 11) is 3.69. The monoisotopic (exact) mass is 1870 g/mol. The van der Waals surface area contributed by atoms with E-state index >= 15 is 0 Å². The van der Waals surface area contributed by atoms with Gasteiger partial charge in [0, 0.05) is 79.1 Å². The molecular weight excluding hydrogens is 1760 g/mol. The van der Waals surface area contributed by atoms with Crippen LogP contribution in [0.3, 0.4) is 0 Å². The number of benzene rings is 5. The number of likely N-dealkylation sites (N-methyl/N-ethyl adjacent to an activating group) is 1. The molecule has 0 spiro atoms. The molecule has 0 aliphatic carbocycles. The molecule has 4 aliphatic heterocycles. The van der Waals surface area contributed by atoms with Crippen molar-refractivity contribution in [1.29, 1.82) is 0 Å². The number of anilines is 1. The number of carboxylic acid groups (broad SMARTS) is 1. The molecule has 4 aromatic heterocycles. The van der Waals surface area contributed by atoms with E-state index in [0.29, 0.717) is 137 Å². The lowest BCUT2D eigenvalue weighted by atomic mass is 9.96. The number of piperazine rings is 1. The molecule has 13 rings (SSSR count). The lowest BCUT2D eigenvalue weighted by Crippen LogP contribution is -2.63. The van der Waals surface area contributed by atoms with Crippen LogP contribution in [-0.2, 0) is 85.2 Å². The third-order valence-corrected chi connectivity index (χ3v) is 24.7. The molecule has 5 aromatic carbocycles. The lowest BCUT2D eigenvalue weighted by Gasteiger charge is -2.45. The number of carboxylic acids is 1. The molecule has 0 bridgehead atoms. The van der Waals surface area contributed by atoms with E-state index in [9.17, 15) is 78.8 Å². The Hall–Kier alpha value is -11.7. The molecule has 13 atom stereocenters. The standard InChI is InChI=1S/C90H105ClFN15O24S/c1-49(2)74(101-68(110)27-36-124-37-33-105-69(111)24-25-70(105)112)84(119)100-61(13-10-28-95-90(93)122)83(118)99-56-21-18-53(54(39-56)45-125-46-58-41-106(103-102-58)87-78(116)77(115)80(67(44-109)129-87)131-89-79(117)76(114)75(113)66(43-108)130-89)42-107(4)34-30-104(31-35-107)32-38-126-64-23-22-59(50(3)73(64)91)71-72-85(96-48-97-86(72)132-81(71)51-16-19-55(92)20-17-51)128-65(88(120)121)40-52-11-6-8-14-62(52)127-47-57-26-29-94-82(98-57)60-12-7-9-15-63(60)123-5/h6-9,11-12,14-26,29,39,41,48-49,61,65-67,74-80,87,89,108-109,113-117H,10,13,27-28,30-38,40,42-47H2,1-5H3,(H6-,93,95,99,100,101,110,118,119,120,121,122)/p+1/t61-,65+,66?,67?,74-,75-,76?,77?,78?,79?,80+,87+,89-/m0/s1. The number of aliphatic hydroxyl groups excluding tert-OH is 7. The maximum atomic E-state index is 14.7. The van der Waals surface area contributed by atoms with E-state index in [1.807, 2.05) is 43.3 Å². The van der Waals surface area contributed by atoms with Gasteiger partial charge >= 0.3 is 12.0 Å². The number of para-hydroxylation sites is 2. The van der Waals surface area contributed by atoms with Gasteiger partial charge in [0.25, 0.3) is 11.8 Å². The number of nitrogens with zero attached hydrogens (tertiary/aromatic N) is 10. The zero-order valence-electron chi connectivity index (χ0n) is 72.8. The minimum atomic E-state index is -1.88. The van der Waals surface area contributed by atoms with Crippen LogP contribution in [0.25, 0.3) is 43.2 Å². The SMILES string of the molecule is COc1ccccc1-c1nccc(COc2ccccc2C[C@@H](Oc2ncnc3sc(-c4ccc(F)cc4)c(-c4ccc(OCCN5CC[N+](C)(Cc6ccc(NC(=O)[C@H](CCCNC(N)=O)NC(=O)[C@@H](NC(=O)CCOCCN7C(=O)C=CC7=O)C(C)C)cc6COCc6cn([C@@H]7OC(CO)[C@@H](O[C@@H]8OC(CO)[C@H](O)C(O)C8O)C(O)C7O)nn6)CC5)c(Cl)c4C)c23)C(=O)O)n1. The summed E-state index contributed by atoms with van der Waals surface area (Å²) in [6.07, 6.45) is -11.7. The van der Waals surface area contributed by atoms with Crippen molar-refractivity contribution >= 4 is 80.4 Å². The van der Waals surface area contributed by atoms with Gasteiger partial charge in [-0.1, -0.05) is 85.3 Å². The predicted molar refractivity (Wildman–Crippen MR) is 472 cm³/mol. The Morgan fingerprint density at radius 2 is 1.48 bits per heavy atom. The zero-order valence-corrected chi connectivity index (χ0v) is 74.4. The number of urea groups is 1. The first-order valence-corrected chi connectivity index (χ1v) is 44.0. The van der Waals surface area contributed by atoms with Gasteiger partial charge in [0.2, 0.25) is 29.7 Å². The van der Waals surface area contributed by atoms with Gasteiger partial charge in [-0.15, -0.1) is 16.4 Å². The van der Waals surface area contributed by atoms with Crippen molar-refractivity contribution in [2.24, 2.45) is 11.7 Å². The number of carbonyl (C=O) groups is 7. The first-order valence-electron chi connectivity index (χ1n) is 42.8. The maximum Gasteiger partial charge on any atom is 0.345 e. The highest BCUT2D eigenvalue weighted by atomic mass is 35.5. The molecule has 132 heavy (non-hydrogen) atoms. The average molecular weight is 1870 g/mol. The van der Waals surface area contributed by atoms with Gasteiger partial charge in [-0.2, -0.15) is 0 Å². The number of aromatic nitrogens is 7. The Kier molecular flexibility index (Phi) is 33.4. The number of hydrogen-bond donors (Lipinski definition) is 13. The van der Waals surface area contributed by atoms with Crippen LogP contribution >= 0.6 is 22.9 Å². The molecule has 704 valence electrons. The van der Waals surface area contributed by atoms with E-state index in [0.717, 1.165) is 27.3 Å². The van der Waals surface area contributed by atoms with Gasteiger partial charge < -0.3 is 115 Å². The number of nitrogens with one attached hydrogen (secondary N) is 4. The van der Waals surface area contributed by atoms with Crippen molar-refractivity contribution in [2.45, 2.75) is 152 Å². The molecule has 4 aliphatic rings. The summed E-state index contributed by atoms with van der Waals surface area (Å²) in [6.45, 7) is 7.07. The summed E-state index contributed by atoms with van der Waals surface area (Å²) >= 11 is 8.63. The molecule has 8 heterocycles. The number of methoxy groups -OCH3 is 1. The number of aliphatic carboxylic acids is 1. The molecule has 3 saturated heterocycles. The molecule has 0 saturated carbocycles. The van der Waals surface area contributed by atoms with Gasteiger partial charge in [0.15, 0.2) is 18.3 Å². The summed E-state index contributed by atoms with van der Waals surface area (Å²) in [5.41, 5.74) is 11.5. The average Bonchev–Trinajstić information content (AvgIpc) is 1.57. The first-order chi connectivity index (χ1) is 63.5. The fourth-order valence-corrected chi connectivity index (χ4v) is 17.1. The van der Waals surface area contributed by atoms with E-state index in [-0.39, 0.29) is 90.0 Å². The number of amides is 7. The van der Waals surface area contributed by atoms with Crippen molar-refractivity contribution in [1.82, 2.24) is 60.7 Å². The van der Waals surface area contributed by atoms with Gasteiger partial charge in [0.1, 0.15) is 121 Å². The number of imide groups is 1. The second-order valence-corrected chi connectivity index (χ2v) is 34.1. The minimum absolute atomic E-state index is 0.000426. The summed E-state index contributed by atoms with van der Waals surface area (Å²) < 4.78 is 70.2. The van der Waals surface area contributed by atoms with Crippen LogP contribution < -0.4 is 45.9 Å². The Morgan fingerprint density at radius 1 is 0.742 bits per heavy atom. The van der Waals surface area contributed by atoms with Gasteiger partial charge in [-0.25, -0.2) is 38.6 Å². The summed E-state index contributed by atoms with van der Waals surface area (Å²) in [6, 6.07) is 27.8. The molecular formula is C90H106ClFN15O24S+. The van der Waals surface area contributed by atoms with Crippen LogP contribution in [0.5, 0.6) is 23.1 Å². The quantitative estimate of drug-likeness (QED) is 0.0146. The van der Waals surface area contributed by atoms with Gasteiger partial charge in [-0.3, -0.25) is 33.8 Å². The minimum Gasteiger partial charge on any atom is -0.496 e. The summed E-state index contributed by atoms with van der Waals surface area (Å²) in [5, 5.41) is 105. The summed E-state index contributed by atoms with van der Waals surface area (Å²) in [5.74, 6) is -3.26. The van der Waals surface area contributed by atoms with Crippen molar-refractivity contribution in [2.75, 3.05) is 98.3 Å². The van der Waals surface area contributed by atoms with Crippen LogP contribution in [0, 0.1) is 18.7 Å². The smallest absolute Gasteiger partial charge is 0.345 e. The van der Waals surface area contributed by atoms with E-state index in [1.54, 1.807) is 87.8 Å². The van der Waals surface area contributed by atoms with E-state index in [1.165, 1.54) is 36.0 Å². The normalized spacial score (nSPS) is 20.9. The predicted octanol–water partition coefficient (Wildman–Crippen LogP) is 4.04. The second-order valence-electron chi connectivity index (χ2n) is 32.7. The van der Waals surface area contributed by atoms with Crippen LogP contribution in [0.15, 0.2) is 140 Å². The van der Waals surface area contributed by atoms with Crippen molar-refractivity contribution < 1.29 is 126 Å². The van der Waals surface area contributed by atoms with E-state index in [4.69, 9.17) is 65.0 Å². The van der Waals surface area contributed by atoms with Gasteiger partial charge in [0.05, 0.1) is 101 Å². The molecule has 6 unspecified atom stereocenters. The van der Waals surface area contributed by atoms with Gasteiger partial charge in [-0.05, 0) is 108 Å². The van der Waals surface area contributed by atoms with Crippen LogP contribution in [0.4, 0.5) is 14.9 Å². The molecule has 14 N–H and O–H groups in total. The number of ether oxygens (including phenoxy) is 9. The number of aliphatic hydroxyl groups is 7. The third-order valence-electron chi connectivity index (χ3n) is 23.1. The highest BCUT2D eigenvalue weighted by Gasteiger charge is 2.51. The van der Waals surface area contributed by atoms with Crippen LogP contribution in [-0.4, -0.2) is 298 Å². The Bertz CT molecular complexity index is 5560. The number of thiophene rings is 1. The number of halogens is 2. The largest absolute Gasteiger partial charge is 0.496 e. The fourth-order valence-electron chi connectivity index (χ4n) is 15.8. The fraction of sp³-hybridized carbons (Fsp3) is 0.433. The molecule has 0 radical (unpaired) electrons. The number of rotatable bonds is 43. The van der Waals surface area contributed by atoms with E-state index in [2.05, 4.69) is 58.5 Å². The molecule has 7 amide bonds. The van der Waals surface area contributed by atoms with E-state index < -0.39 is 146 Å². The number of fused-ring (bicyclic) bond motifs is 1. The number of primary amides is 1. The first kappa shape index (κ1) is 97.8. The third kappa shape index (κ3) is 24.2. The zero-order chi connectivity index (χ0) is 94.0. The molecule has 39 nitrogen and oxygen atoms in total. The molecule has 3 fully saturated rings. The van der Waals surface area contributed by atoms with Crippen molar-refractivity contribution in [3.8, 4) is 56.1 Å². The van der Waals surface area contributed by atoms with Crippen LogP contribution in [0.1, 0.15) is 73.0 Å². The Labute approximate surface area is 766 Å². The van der Waals surface area contributed by atoms with Crippen molar-refractivity contribution in [3.63, 3.8) is 0 Å². The number of hydrogen-bond acceptors (Lipinski definition) is 31. The highest BCUT2D eigenvalue weighted by Crippen LogP contribution is 2.50. The summed E-state index contributed by atoms with van der Waals surface area (Å²) in [4.78, 5) is 114.